The molecule has 0 fully saturated rings. The zero-order valence-electron chi connectivity index (χ0n) is 10.1. The molecule has 0 bridgehead atoms. The van der Waals surface area contributed by atoms with E-state index in [1.165, 1.54) is 29.5 Å². The van der Waals surface area contributed by atoms with Crippen LogP contribution in [0.5, 0.6) is 0 Å². The Labute approximate surface area is 120 Å². The number of thiazole rings is 1. The van der Waals surface area contributed by atoms with Gasteiger partial charge in [-0.1, -0.05) is 11.6 Å². The van der Waals surface area contributed by atoms with E-state index in [-0.39, 0.29) is 16.5 Å². The summed E-state index contributed by atoms with van der Waals surface area (Å²) in [6, 6.07) is 4.20. The summed E-state index contributed by atoms with van der Waals surface area (Å²) in [6.07, 6.45) is 1.70. The first-order chi connectivity index (χ1) is 8.88. The average molecular weight is 318 g/mol. The molecule has 1 heterocycles. The van der Waals surface area contributed by atoms with Gasteiger partial charge in [0, 0.05) is 11.1 Å². The highest BCUT2D eigenvalue weighted by Crippen LogP contribution is 2.22. The highest BCUT2D eigenvalue weighted by molar-refractivity contribution is 7.89. The highest BCUT2D eigenvalue weighted by atomic mass is 35.5. The molecular weight excluding hydrogens is 306 g/mol. The monoisotopic (exact) mass is 317 g/mol. The van der Waals surface area contributed by atoms with Crippen LogP contribution in [0.3, 0.4) is 0 Å². The summed E-state index contributed by atoms with van der Waals surface area (Å²) in [5.74, 6) is 0. The van der Waals surface area contributed by atoms with Crippen LogP contribution < -0.4 is 10.5 Å². The summed E-state index contributed by atoms with van der Waals surface area (Å²) >= 11 is 7.26. The summed E-state index contributed by atoms with van der Waals surface area (Å²) in [6.45, 7) is 2.07. The maximum absolute atomic E-state index is 12.0. The number of rotatable bonds is 4. The average Bonchev–Trinajstić information content (AvgIpc) is 2.76. The van der Waals surface area contributed by atoms with Crippen molar-refractivity contribution in [3.63, 3.8) is 0 Å². The molecule has 0 spiro atoms. The van der Waals surface area contributed by atoms with Gasteiger partial charge >= 0.3 is 0 Å². The Balaban J connectivity index is 2.16. The van der Waals surface area contributed by atoms with Gasteiger partial charge in [-0.3, -0.25) is 0 Å². The van der Waals surface area contributed by atoms with Gasteiger partial charge in [0.05, 0.1) is 22.2 Å². The first-order valence-corrected chi connectivity index (χ1v) is 8.02. The normalized spacial score (nSPS) is 11.7. The van der Waals surface area contributed by atoms with E-state index in [1.54, 1.807) is 6.20 Å². The van der Waals surface area contributed by atoms with Crippen molar-refractivity contribution >= 4 is 38.6 Å². The summed E-state index contributed by atoms with van der Waals surface area (Å²) in [7, 11) is -3.61. The Morgan fingerprint density at radius 2 is 2.21 bits per heavy atom. The van der Waals surface area contributed by atoms with Crippen molar-refractivity contribution < 1.29 is 8.42 Å². The predicted octanol–water partition coefficient (Wildman–Crippen LogP) is 2.17. The second kappa shape index (κ2) is 5.46. The second-order valence-electron chi connectivity index (χ2n) is 3.87. The van der Waals surface area contributed by atoms with E-state index in [1.807, 2.05) is 6.92 Å². The van der Waals surface area contributed by atoms with Crippen molar-refractivity contribution in [2.75, 3.05) is 5.73 Å². The summed E-state index contributed by atoms with van der Waals surface area (Å²) in [5, 5.41) is 0.926. The Morgan fingerprint density at radius 1 is 1.47 bits per heavy atom. The number of nitrogens with two attached hydrogens (primary N) is 1. The minimum atomic E-state index is -3.61. The number of nitrogen functional groups attached to an aromatic ring is 1. The number of nitrogens with one attached hydrogen (secondary N) is 1. The van der Waals surface area contributed by atoms with Crippen LogP contribution in [-0.2, 0) is 16.6 Å². The largest absolute Gasteiger partial charge is 0.398 e. The SMILES string of the molecule is Cc1cnc(CNS(=O)(=O)c2ccc(N)c(Cl)c2)s1. The summed E-state index contributed by atoms with van der Waals surface area (Å²) in [4.78, 5) is 5.21. The standard InChI is InChI=1S/C11H12ClN3O2S2/c1-7-5-14-11(18-7)6-15-19(16,17)8-2-3-10(13)9(12)4-8/h2-5,15H,6,13H2,1H3. The molecule has 102 valence electrons. The fourth-order valence-electron chi connectivity index (χ4n) is 1.40. The van der Waals surface area contributed by atoms with Crippen LogP contribution in [0.15, 0.2) is 29.3 Å². The number of nitrogens with zero attached hydrogens (tertiary/aromatic N) is 1. The molecule has 1 aromatic heterocycles. The van der Waals surface area contributed by atoms with E-state index in [2.05, 4.69) is 9.71 Å². The highest BCUT2D eigenvalue weighted by Gasteiger charge is 2.15. The lowest BCUT2D eigenvalue weighted by Crippen LogP contribution is -2.23. The lowest BCUT2D eigenvalue weighted by Gasteiger charge is -2.06. The first-order valence-electron chi connectivity index (χ1n) is 5.34. The number of aryl methyl sites for hydroxylation is 1. The van der Waals surface area contributed by atoms with E-state index in [4.69, 9.17) is 17.3 Å². The molecule has 0 saturated heterocycles. The van der Waals surface area contributed by atoms with Gasteiger partial charge in [-0.2, -0.15) is 0 Å². The van der Waals surface area contributed by atoms with Crippen LogP contribution in [0.25, 0.3) is 0 Å². The van der Waals surface area contributed by atoms with Crippen molar-refractivity contribution in [1.82, 2.24) is 9.71 Å². The second-order valence-corrected chi connectivity index (χ2v) is 7.37. The van der Waals surface area contributed by atoms with Gasteiger partial charge in [-0.25, -0.2) is 18.1 Å². The van der Waals surface area contributed by atoms with Crippen LogP contribution in [0.4, 0.5) is 5.69 Å². The van der Waals surface area contributed by atoms with Crippen molar-refractivity contribution in [2.45, 2.75) is 18.4 Å². The number of halogens is 1. The van der Waals surface area contributed by atoms with Crippen LogP contribution in [0.2, 0.25) is 5.02 Å². The quantitative estimate of drug-likeness (QED) is 0.846. The summed E-state index contributed by atoms with van der Waals surface area (Å²) in [5.41, 5.74) is 5.89. The number of benzene rings is 1. The molecule has 5 nitrogen and oxygen atoms in total. The smallest absolute Gasteiger partial charge is 0.241 e. The predicted molar refractivity (Wildman–Crippen MR) is 76.7 cm³/mol. The molecule has 1 aromatic carbocycles. The molecule has 2 aromatic rings. The molecule has 8 heteroatoms. The van der Waals surface area contributed by atoms with Crippen molar-refractivity contribution in [3.05, 3.63) is 39.3 Å². The van der Waals surface area contributed by atoms with Crippen LogP contribution in [0, 0.1) is 6.92 Å². The van der Waals surface area contributed by atoms with Gasteiger partial charge in [-0.15, -0.1) is 11.3 Å². The van der Waals surface area contributed by atoms with Gasteiger partial charge in [0.2, 0.25) is 10.0 Å². The fourth-order valence-corrected chi connectivity index (χ4v) is 3.48. The molecule has 0 saturated carbocycles. The molecule has 0 amide bonds. The number of hydrogen-bond donors (Lipinski definition) is 2. The molecule has 0 radical (unpaired) electrons. The maximum atomic E-state index is 12.0. The lowest BCUT2D eigenvalue weighted by atomic mass is 10.3. The van der Waals surface area contributed by atoms with Crippen LogP contribution >= 0.6 is 22.9 Å². The molecular formula is C11H12ClN3O2S2. The minimum absolute atomic E-state index is 0.0833. The van der Waals surface area contributed by atoms with E-state index in [0.29, 0.717) is 10.7 Å². The molecule has 19 heavy (non-hydrogen) atoms. The molecule has 0 unspecified atom stereocenters. The molecule has 0 atom stereocenters. The molecule has 2 rings (SSSR count). The third-order valence-corrected chi connectivity index (χ3v) is 5.00. The molecule has 0 aliphatic heterocycles. The number of aromatic nitrogens is 1. The zero-order chi connectivity index (χ0) is 14.0. The van der Waals surface area contributed by atoms with Crippen molar-refractivity contribution in [1.29, 1.82) is 0 Å². The first kappa shape index (κ1) is 14.3. The Kier molecular flexibility index (Phi) is 4.10. The van der Waals surface area contributed by atoms with E-state index >= 15 is 0 Å². The number of anilines is 1. The third-order valence-electron chi connectivity index (χ3n) is 2.36. The lowest BCUT2D eigenvalue weighted by molar-refractivity contribution is 0.581. The molecule has 0 aliphatic rings. The molecule has 3 N–H and O–H groups in total. The fraction of sp³-hybridized carbons (Fsp3) is 0.182. The van der Waals surface area contributed by atoms with Crippen molar-refractivity contribution in [3.8, 4) is 0 Å². The van der Waals surface area contributed by atoms with Crippen LogP contribution in [-0.4, -0.2) is 13.4 Å². The van der Waals surface area contributed by atoms with Crippen LogP contribution in [0.1, 0.15) is 9.88 Å². The van der Waals surface area contributed by atoms with Gasteiger partial charge in [0.1, 0.15) is 5.01 Å². The zero-order valence-corrected chi connectivity index (χ0v) is 12.4. The van der Waals surface area contributed by atoms with E-state index in [0.717, 1.165) is 4.88 Å². The topological polar surface area (TPSA) is 85.1 Å². The Bertz CT molecular complexity index is 698. The van der Waals surface area contributed by atoms with Gasteiger partial charge < -0.3 is 5.73 Å². The number of hydrogen-bond acceptors (Lipinski definition) is 5. The van der Waals surface area contributed by atoms with Crippen molar-refractivity contribution in [2.24, 2.45) is 0 Å². The third kappa shape index (κ3) is 3.44. The van der Waals surface area contributed by atoms with Gasteiger partial charge in [0.25, 0.3) is 0 Å². The Morgan fingerprint density at radius 3 is 2.79 bits per heavy atom. The summed E-state index contributed by atoms with van der Waals surface area (Å²) < 4.78 is 26.6. The van der Waals surface area contributed by atoms with Gasteiger partial charge in [-0.05, 0) is 25.1 Å². The minimum Gasteiger partial charge on any atom is -0.398 e. The Hall–Kier alpha value is -1.15. The number of sulfonamides is 1. The van der Waals surface area contributed by atoms with E-state index < -0.39 is 10.0 Å². The maximum Gasteiger partial charge on any atom is 0.241 e. The van der Waals surface area contributed by atoms with E-state index in [9.17, 15) is 8.42 Å². The van der Waals surface area contributed by atoms with Gasteiger partial charge in [0.15, 0.2) is 0 Å². The molecule has 0 aliphatic carbocycles.